The molecular weight excluding hydrogens is 136 g/mol. The van der Waals surface area contributed by atoms with E-state index in [0.29, 0.717) is 19.7 Å². The van der Waals surface area contributed by atoms with E-state index in [1.54, 1.807) is 6.08 Å². The lowest BCUT2D eigenvalue weighted by atomic mass is 10.0. The molecule has 0 aromatic carbocycles. The van der Waals surface area contributed by atoms with Gasteiger partial charge in [-0.2, -0.15) is 0 Å². The molecule has 0 fully saturated rings. The molecule has 0 saturated heterocycles. The summed E-state index contributed by atoms with van der Waals surface area (Å²) in [6.07, 6.45) is 7.67. The SMILES string of the molecule is [2H]CCC(C[2H])CCC/C=C/CO. The number of aliphatic hydroxyl groups is 1. The minimum absolute atomic E-state index is 0.120. The third-order valence-electron chi connectivity index (χ3n) is 1.66. The molecule has 1 atom stereocenters. The Morgan fingerprint density at radius 1 is 1.55 bits per heavy atom. The zero-order valence-corrected chi connectivity index (χ0v) is 7.13. The van der Waals surface area contributed by atoms with Crippen LogP contribution in [0.3, 0.4) is 0 Å². The molecule has 1 nitrogen and oxygen atoms in total. The Labute approximate surface area is 72.9 Å². The first-order valence-electron chi connectivity index (χ1n) is 5.61. The fourth-order valence-corrected chi connectivity index (χ4v) is 0.861. The fraction of sp³-hybridized carbons (Fsp3) is 0.800. The predicted octanol–water partition coefficient (Wildman–Crippen LogP) is 2.75. The molecule has 0 aliphatic heterocycles. The summed E-state index contributed by atoms with van der Waals surface area (Å²) in [5.74, 6) is 0.403. The van der Waals surface area contributed by atoms with Gasteiger partial charge in [-0.25, -0.2) is 0 Å². The van der Waals surface area contributed by atoms with E-state index >= 15 is 0 Å². The molecule has 1 heteroatoms. The molecular formula is C10H20O. The van der Waals surface area contributed by atoms with Gasteiger partial charge in [-0.3, -0.25) is 0 Å². The van der Waals surface area contributed by atoms with Gasteiger partial charge in [0, 0.05) is 2.74 Å². The lowest BCUT2D eigenvalue weighted by Gasteiger charge is -2.05. The van der Waals surface area contributed by atoms with Crippen molar-refractivity contribution in [2.75, 3.05) is 6.61 Å². The molecule has 0 aliphatic rings. The van der Waals surface area contributed by atoms with Crippen molar-refractivity contribution in [1.82, 2.24) is 0 Å². The quantitative estimate of drug-likeness (QED) is 0.465. The van der Waals surface area contributed by atoms with Gasteiger partial charge in [-0.1, -0.05) is 38.8 Å². The van der Waals surface area contributed by atoms with Gasteiger partial charge in [-0.15, -0.1) is 0 Å². The maximum Gasteiger partial charge on any atom is 0.0612 e. The molecule has 0 heterocycles. The van der Waals surface area contributed by atoms with Crippen LogP contribution in [-0.4, -0.2) is 11.7 Å². The van der Waals surface area contributed by atoms with Gasteiger partial charge in [0.15, 0.2) is 0 Å². The predicted molar refractivity (Wildman–Crippen MR) is 49.5 cm³/mol. The monoisotopic (exact) mass is 158 g/mol. The van der Waals surface area contributed by atoms with Crippen molar-refractivity contribution in [3.05, 3.63) is 12.2 Å². The largest absolute Gasteiger partial charge is 0.392 e. The van der Waals surface area contributed by atoms with Crippen LogP contribution in [0.5, 0.6) is 0 Å². The average molecular weight is 158 g/mol. The Morgan fingerprint density at radius 2 is 2.45 bits per heavy atom. The second-order valence-electron chi connectivity index (χ2n) is 2.74. The fourth-order valence-electron chi connectivity index (χ4n) is 0.861. The standard InChI is InChI=1S/C10H20O/c1-3-10(2)8-6-4-5-7-9-11/h5,7,10-11H,3-4,6,8-9H2,1-2H3/b7-5+/i1D,2D. The Hall–Kier alpha value is -0.300. The third-order valence-corrected chi connectivity index (χ3v) is 1.66. The van der Waals surface area contributed by atoms with E-state index in [4.69, 9.17) is 7.85 Å². The number of unbranched alkanes of at least 4 members (excludes halogenated alkanes) is 1. The van der Waals surface area contributed by atoms with Crippen LogP contribution in [0.15, 0.2) is 12.2 Å². The van der Waals surface area contributed by atoms with Crippen LogP contribution in [0.25, 0.3) is 0 Å². The van der Waals surface area contributed by atoms with Crippen LogP contribution in [0, 0.1) is 5.92 Å². The van der Waals surface area contributed by atoms with Crippen LogP contribution in [0.4, 0.5) is 0 Å². The van der Waals surface area contributed by atoms with Crippen LogP contribution < -0.4 is 0 Å². The molecule has 0 aromatic heterocycles. The molecule has 0 aromatic rings. The van der Waals surface area contributed by atoms with Crippen LogP contribution >= 0.6 is 0 Å². The Morgan fingerprint density at radius 3 is 3.09 bits per heavy atom. The van der Waals surface area contributed by atoms with Gasteiger partial charge < -0.3 is 5.11 Å². The van der Waals surface area contributed by atoms with E-state index in [9.17, 15) is 0 Å². The zero-order valence-electron chi connectivity index (χ0n) is 9.13. The van der Waals surface area contributed by atoms with Crippen LogP contribution in [-0.2, 0) is 0 Å². The molecule has 66 valence electrons. The van der Waals surface area contributed by atoms with Crippen molar-refractivity contribution in [2.24, 2.45) is 5.92 Å². The van der Waals surface area contributed by atoms with Crippen molar-refractivity contribution in [3.8, 4) is 0 Å². The maximum absolute atomic E-state index is 8.46. The van der Waals surface area contributed by atoms with E-state index < -0.39 is 0 Å². The Balaban J connectivity index is 3.32. The molecule has 0 radical (unpaired) electrons. The van der Waals surface area contributed by atoms with Crippen molar-refractivity contribution in [2.45, 2.75) is 39.5 Å². The maximum atomic E-state index is 8.46. The lowest BCUT2D eigenvalue weighted by molar-refractivity contribution is 0.342. The zero-order chi connectivity index (χ0) is 9.94. The van der Waals surface area contributed by atoms with Crippen molar-refractivity contribution in [1.29, 1.82) is 0 Å². The van der Waals surface area contributed by atoms with Crippen LogP contribution in [0.2, 0.25) is 0 Å². The molecule has 1 unspecified atom stereocenters. The highest BCUT2D eigenvalue weighted by Crippen LogP contribution is 2.10. The first-order valence-corrected chi connectivity index (χ1v) is 4.19. The van der Waals surface area contributed by atoms with Crippen LogP contribution in [0.1, 0.15) is 42.2 Å². The second-order valence-corrected chi connectivity index (χ2v) is 2.74. The second kappa shape index (κ2) is 7.80. The summed E-state index contributed by atoms with van der Waals surface area (Å²) in [6.45, 7) is 1.01. The normalized spacial score (nSPS) is 16.5. The molecule has 0 rings (SSSR count). The van der Waals surface area contributed by atoms with Gasteiger partial charge in [0.2, 0.25) is 0 Å². The number of rotatable bonds is 6. The number of hydrogen-bond donors (Lipinski definition) is 1. The smallest absolute Gasteiger partial charge is 0.0612 e. The summed E-state index contributed by atoms with van der Waals surface area (Å²) in [6, 6.07) is 0. The number of allylic oxidation sites excluding steroid dienone is 1. The first kappa shape index (κ1) is 7.35. The van der Waals surface area contributed by atoms with Crippen molar-refractivity contribution in [3.63, 3.8) is 0 Å². The molecule has 0 aliphatic carbocycles. The average Bonchev–Trinajstić information content (AvgIpc) is 2.16. The van der Waals surface area contributed by atoms with Gasteiger partial charge in [0.05, 0.1) is 6.61 Å². The van der Waals surface area contributed by atoms with E-state index in [1.807, 2.05) is 6.08 Å². The highest BCUT2D eigenvalue weighted by atomic mass is 16.2. The lowest BCUT2D eigenvalue weighted by Crippen LogP contribution is -1.90. The van der Waals surface area contributed by atoms with E-state index in [2.05, 4.69) is 0 Å². The summed E-state index contributed by atoms with van der Waals surface area (Å²) in [7, 11) is 0. The first-order chi connectivity index (χ1) is 6.35. The molecule has 0 bridgehead atoms. The Bertz CT molecular complexity index is 126. The Kier molecular flexibility index (Phi) is 5.22. The molecule has 1 N–H and O–H groups in total. The topological polar surface area (TPSA) is 20.2 Å². The summed E-state index contributed by atoms with van der Waals surface area (Å²) in [5.41, 5.74) is 0. The minimum Gasteiger partial charge on any atom is -0.392 e. The van der Waals surface area contributed by atoms with Gasteiger partial charge in [-0.05, 0) is 18.8 Å². The van der Waals surface area contributed by atoms with E-state index in [1.165, 1.54) is 0 Å². The number of aliphatic hydroxyl groups excluding tert-OH is 1. The van der Waals surface area contributed by atoms with Gasteiger partial charge in [0.1, 0.15) is 0 Å². The summed E-state index contributed by atoms with van der Waals surface area (Å²) in [4.78, 5) is 0. The molecule has 11 heavy (non-hydrogen) atoms. The van der Waals surface area contributed by atoms with Gasteiger partial charge >= 0.3 is 0 Å². The van der Waals surface area contributed by atoms with E-state index in [-0.39, 0.29) is 6.61 Å². The molecule has 0 saturated carbocycles. The van der Waals surface area contributed by atoms with Crippen molar-refractivity contribution >= 4 is 0 Å². The third kappa shape index (κ3) is 7.60. The van der Waals surface area contributed by atoms with E-state index in [0.717, 1.165) is 25.7 Å². The summed E-state index contributed by atoms with van der Waals surface area (Å²) >= 11 is 0. The molecule has 0 spiro atoms. The highest BCUT2D eigenvalue weighted by molar-refractivity contribution is 4.80. The van der Waals surface area contributed by atoms with Crippen molar-refractivity contribution < 1.29 is 7.85 Å². The summed E-state index contributed by atoms with van der Waals surface area (Å²) < 4.78 is 14.3. The number of hydrogen-bond acceptors (Lipinski definition) is 1. The van der Waals surface area contributed by atoms with Gasteiger partial charge in [0.25, 0.3) is 0 Å². The summed E-state index contributed by atoms with van der Waals surface area (Å²) in [5, 5.41) is 8.46. The highest BCUT2D eigenvalue weighted by Gasteiger charge is 1.95. The molecule has 0 amide bonds. The minimum atomic E-state index is 0.120.